The van der Waals surface area contributed by atoms with Crippen LogP contribution in [0.25, 0.3) is 0 Å². The van der Waals surface area contributed by atoms with Gasteiger partial charge in [0.25, 0.3) is 5.92 Å². The molecule has 1 saturated heterocycles. The van der Waals surface area contributed by atoms with Crippen LogP contribution in [0.1, 0.15) is 18.9 Å². The maximum atomic E-state index is 14.3. The summed E-state index contributed by atoms with van der Waals surface area (Å²) in [7, 11) is 0. The van der Waals surface area contributed by atoms with E-state index in [1.165, 1.54) is 29.2 Å². The van der Waals surface area contributed by atoms with Gasteiger partial charge in [-0.05, 0) is 24.5 Å². The molecule has 1 fully saturated rings. The number of nitrogens with two attached hydrogens (primary N) is 1. The standard InChI is InChI=1S/C14H17BrF2N2O/c1-9-6-7-19(8-9)13(20)12(18)14(16,17)10-2-4-11(15)5-3-10/h2-5,9,12H,6-8,18H2,1H3/t9-,12?/m0/s1. The maximum absolute atomic E-state index is 14.3. The number of benzene rings is 1. The Morgan fingerprint density at radius 2 is 2.05 bits per heavy atom. The second-order valence-corrected chi connectivity index (χ2v) is 6.20. The number of carbonyl (C=O) groups is 1. The van der Waals surface area contributed by atoms with Gasteiger partial charge in [0, 0.05) is 23.1 Å². The molecule has 1 aliphatic heterocycles. The van der Waals surface area contributed by atoms with Gasteiger partial charge in [-0.1, -0.05) is 35.0 Å². The van der Waals surface area contributed by atoms with Crippen LogP contribution >= 0.6 is 15.9 Å². The lowest BCUT2D eigenvalue weighted by atomic mass is 10.0. The quantitative estimate of drug-likeness (QED) is 0.914. The van der Waals surface area contributed by atoms with Crippen LogP contribution in [-0.2, 0) is 10.7 Å². The average Bonchev–Trinajstić information content (AvgIpc) is 2.84. The number of hydrogen-bond acceptors (Lipinski definition) is 2. The second kappa shape index (κ2) is 5.77. The van der Waals surface area contributed by atoms with Crippen molar-refractivity contribution in [2.45, 2.75) is 25.3 Å². The molecule has 1 amide bonds. The molecule has 6 heteroatoms. The third-order valence-corrected chi connectivity index (χ3v) is 4.15. The highest BCUT2D eigenvalue weighted by Crippen LogP contribution is 2.33. The number of hydrogen-bond donors (Lipinski definition) is 1. The molecule has 2 rings (SSSR count). The summed E-state index contributed by atoms with van der Waals surface area (Å²) >= 11 is 3.19. The van der Waals surface area contributed by atoms with Crippen molar-refractivity contribution in [3.05, 3.63) is 34.3 Å². The first-order valence-corrected chi connectivity index (χ1v) is 7.30. The molecule has 0 aromatic heterocycles. The van der Waals surface area contributed by atoms with E-state index < -0.39 is 17.9 Å². The summed E-state index contributed by atoms with van der Waals surface area (Å²) in [5.74, 6) is -3.71. The number of likely N-dealkylation sites (tertiary alicyclic amines) is 1. The van der Waals surface area contributed by atoms with Crippen molar-refractivity contribution in [3.63, 3.8) is 0 Å². The van der Waals surface area contributed by atoms with Crippen LogP contribution < -0.4 is 5.73 Å². The van der Waals surface area contributed by atoms with Gasteiger partial charge in [0.1, 0.15) is 0 Å². The third kappa shape index (κ3) is 3.01. The summed E-state index contributed by atoms with van der Waals surface area (Å²) in [6.45, 7) is 3.00. The van der Waals surface area contributed by atoms with Gasteiger partial charge < -0.3 is 10.6 Å². The zero-order valence-corrected chi connectivity index (χ0v) is 12.7. The fraction of sp³-hybridized carbons (Fsp3) is 0.500. The molecule has 3 nitrogen and oxygen atoms in total. The van der Waals surface area contributed by atoms with Gasteiger partial charge in [-0.25, -0.2) is 0 Å². The van der Waals surface area contributed by atoms with Crippen molar-refractivity contribution in [2.24, 2.45) is 11.7 Å². The van der Waals surface area contributed by atoms with E-state index in [2.05, 4.69) is 15.9 Å². The highest BCUT2D eigenvalue weighted by atomic mass is 79.9. The number of carbonyl (C=O) groups excluding carboxylic acids is 1. The van der Waals surface area contributed by atoms with Crippen LogP contribution in [0.15, 0.2) is 28.7 Å². The summed E-state index contributed by atoms with van der Waals surface area (Å²) in [4.78, 5) is 13.5. The predicted molar refractivity (Wildman–Crippen MR) is 76.4 cm³/mol. The van der Waals surface area contributed by atoms with Gasteiger partial charge in [0.2, 0.25) is 5.91 Å². The molecule has 2 atom stereocenters. The lowest BCUT2D eigenvalue weighted by molar-refractivity contribution is -0.142. The van der Waals surface area contributed by atoms with Gasteiger partial charge >= 0.3 is 0 Å². The molecule has 110 valence electrons. The fourth-order valence-corrected chi connectivity index (χ4v) is 2.60. The summed E-state index contributed by atoms with van der Waals surface area (Å²) in [5.41, 5.74) is 5.30. The Bertz CT molecular complexity index is 492. The van der Waals surface area contributed by atoms with E-state index in [4.69, 9.17) is 5.73 Å². The lowest BCUT2D eigenvalue weighted by Crippen LogP contribution is -2.51. The predicted octanol–water partition coefficient (Wildman–Crippen LogP) is 2.74. The van der Waals surface area contributed by atoms with Crippen LogP contribution in [0, 0.1) is 5.92 Å². The Morgan fingerprint density at radius 3 is 2.55 bits per heavy atom. The molecular formula is C14H17BrF2N2O. The minimum Gasteiger partial charge on any atom is -0.341 e. The summed E-state index contributed by atoms with van der Waals surface area (Å²) < 4.78 is 29.3. The van der Waals surface area contributed by atoms with Crippen LogP contribution in [0.3, 0.4) is 0 Å². The van der Waals surface area contributed by atoms with Crippen LogP contribution in [0.4, 0.5) is 8.78 Å². The van der Waals surface area contributed by atoms with E-state index >= 15 is 0 Å². The van der Waals surface area contributed by atoms with Gasteiger partial charge in [-0.15, -0.1) is 0 Å². The average molecular weight is 347 g/mol. The van der Waals surface area contributed by atoms with Crippen molar-refractivity contribution in [1.29, 1.82) is 0 Å². The Hall–Kier alpha value is -1.01. The number of alkyl halides is 2. The Labute approximate surface area is 125 Å². The van der Waals surface area contributed by atoms with Crippen molar-refractivity contribution >= 4 is 21.8 Å². The van der Waals surface area contributed by atoms with E-state index in [1.807, 2.05) is 6.92 Å². The number of amides is 1. The molecule has 0 spiro atoms. The first-order valence-electron chi connectivity index (χ1n) is 6.50. The fourth-order valence-electron chi connectivity index (χ4n) is 2.34. The molecule has 1 aliphatic rings. The minimum atomic E-state index is -3.37. The molecule has 1 aromatic rings. The van der Waals surface area contributed by atoms with E-state index in [0.717, 1.165) is 6.42 Å². The molecule has 1 aromatic carbocycles. The highest BCUT2D eigenvalue weighted by molar-refractivity contribution is 9.10. The van der Waals surface area contributed by atoms with E-state index in [0.29, 0.717) is 23.5 Å². The maximum Gasteiger partial charge on any atom is 0.296 e. The SMILES string of the molecule is C[C@H]1CCN(C(=O)C(N)C(F)(F)c2ccc(Br)cc2)C1. The number of halogens is 3. The Morgan fingerprint density at radius 1 is 1.45 bits per heavy atom. The zero-order valence-electron chi connectivity index (χ0n) is 11.2. The van der Waals surface area contributed by atoms with Crippen molar-refractivity contribution in [3.8, 4) is 0 Å². The summed E-state index contributed by atoms with van der Waals surface area (Å²) in [6.07, 6.45) is 0.836. The molecule has 0 saturated carbocycles. The molecule has 0 aliphatic carbocycles. The molecule has 2 N–H and O–H groups in total. The summed E-state index contributed by atoms with van der Waals surface area (Å²) in [5, 5.41) is 0. The monoisotopic (exact) mass is 346 g/mol. The van der Waals surface area contributed by atoms with Gasteiger partial charge in [-0.2, -0.15) is 8.78 Å². The van der Waals surface area contributed by atoms with Crippen LogP contribution in [-0.4, -0.2) is 29.9 Å². The van der Waals surface area contributed by atoms with Crippen molar-refractivity contribution in [2.75, 3.05) is 13.1 Å². The first kappa shape index (κ1) is 15.4. The van der Waals surface area contributed by atoms with Crippen LogP contribution in [0.5, 0.6) is 0 Å². The molecule has 0 bridgehead atoms. The smallest absolute Gasteiger partial charge is 0.296 e. The summed E-state index contributed by atoms with van der Waals surface area (Å²) in [6, 6.07) is 3.75. The molecular weight excluding hydrogens is 330 g/mol. The van der Waals surface area contributed by atoms with Gasteiger partial charge in [0.15, 0.2) is 6.04 Å². The molecule has 0 radical (unpaired) electrons. The lowest BCUT2D eigenvalue weighted by Gasteiger charge is -2.27. The molecule has 1 unspecified atom stereocenters. The Kier molecular flexibility index (Phi) is 4.44. The zero-order chi connectivity index (χ0) is 14.9. The first-order chi connectivity index (χ1) is 9.32. The normalized spacial score (nSPS) is 21.1. The van der Waals surface area contributed by atoms with Gasteiger partial charge in [-0.3, -0.25) is 4.79 Å². The van der Waals surface area contributed by atoms with Gasteiger partial charge in [0.05, 0.1) is 0 Å². The van der Waals surface area contributed by atoms with Crippen molar-refractivity contribution < 1.29 is 13.6 Å². The van der Waals surface area contributed by atoms with Crippen molar-refractivity contribution in [1.82, 2.24) is 4.90 Å². The minimum absolute atomic E-state index is 0.242. The number of rotatable bonds is 3. The molecule has 20 heavy (non-hydrogen) atoms. The largest absolute Gasteiger partial charge is 0.341 e. The van der Waals surface area contributed by atoms with E-state index in [9.17, 15) is 13.6 Å². The van der Waals surface area contributed by atoms with E-state index in [1.54, 1.807) is 0 Å². The second-order valence-electron chi connectivity index (χ2n) is 5.29. The third-order valence-electron chi connectivity index (χ3n) is 3.62. The molecule has 1 heterocycles. The van der Waals surface area contributed by atoms with Crippen LogP contribution in [0.2, 0.25) is 0 Å². The van der Waals surface area contributed by atoms with E-state index in [-0.39, 0.29) is 5.56 Å². The number of nitrogens with zero attached hydrogens (tertiary/aromatic N) is 1. The topological polar surface area (TPSA) is 46.3 Å². The Balaban J connectivity index is 2.15. The highest BCUT2D eigenvalue weighted by Gasteiger charge is 2.45.